The first-order valence-corrected chi connectivity index (χ1v) is 12.3. The van der Waals surface area contributed by atoms with E-state index in [4.69, 9.17) is 0 Å². The van der Waals surface area contributed by atoms with Gasteiger partial charge in [0.25, 0.3) is 11.9 Å². The van der Waals surface area contributed by atoms with Crippen molar-refractivity contribution < 1.29 is 14.3 Å². The number of carbonyl (C=O) groups excluding carboxylic acids is 1. The Morgan fingerprint density at radius 2 is 1.94 bits per heavy atom. The molecule has 184 valence electrons. The number of rotatable bonds is 5. The van der Waals surface area contributed by atoms with Gasteiger partial charge in [0, 0.05) is 44.0 Å². The summed E-state index contributed by atoms with van der Waals surface area (Å²) in [6.07, 6.45) is 7.23. The number of aliphatic hydroxyl groups excluding tert-OH is 1. The smallest absolute Gasteiger partial charge is 0.257 e. The summed E-state index contributed by atoms with van der Waals surface area (Å²) in [6.45, 7) is 5.51. The van der Waals surface area contributed by atoms with E-state index in [-0.39, 0.29) is 18.3 Å². The molecule has 2 aromatic heterocycles. The second-order valence-corrected chi connectivity index (χ2v) is 9.49. The number of carbonyl (C=O) groups is 1. The molecule has 2 aliphatic rings. The van der Waals surface area contributed by atoms with Gasteiger partial charge in [0.1, 0.15) is 5.82 Å². The standard InChI is InChI=1S/C26H31FN6O2/c1-18-22(25(35)31-13-9-20(10-14-31)32-12-4-5-19(16-32)17-34)15-29-33(18)26-28-11-8-24(30-26)21-6-2-3-7-23(21)27/h2-3,6-8,11,15,19-20,34H,4-5,9-10,12-14,16-17H2,1H3. The van der Waals surface area contributed by atoms with E-state index < -0.39 is 0 Å². The molecule has 2 saturated heterocycles. The van der Waals surface area contributed by atoms with Gasteiger partial charge >= 0.3 is 0 Å². The number of aliphatic hydroxyl groups is 1. The molecule has 1 atom stereocenters. The van der Waals surface area contributed by atoms with Crippen molar-refractivity contribution in [2.45, 2.75) is 38.6 Å². The molecule has 0 radical (unpaired) electrons. The third kappa shape index (κ3) is 4.83. The predicted molar refractivity (Wildman–Crippen MR) is 130 cm³/mol. The van der Waals surface area contributed by atoms with E-state index in [1.165, 1.54) is 10.7 Å². The zero-order valence-electron chi connectivity index (χ0n) is 20.0. The minimum Gasteiger partial charge on any atom is -0.396 e. The minimum atomic E-state index is -0.356. The maximum Gasteiger partial charge on any atom is 0.257 e. The van der Waals surface area contributed by atoms with Crippen LogP contribution in [0.4, 0.5) is 4.39 Å². The van der Waals surface area contributed by atoms with Crippen LogP contribution in [0.25, 0.3) is 17.2 Å². The van der Waals surface area contributed by atoms with Gasteiger partial charge in [-0.15, -0.1) is 0 Å². The molecule has 1 aromatic carbocycles. The van der Waals surface area contributed by atoms with Gasteiger partial charge < -0.3 is 10.0 Å². The zero-order valence-corrected chi connectivity index (χ0v) is 20.0. The van der Waals surface area contributed by atoms with Crippen molar-refractivity contribution in [3.05, 3.63) is 59.8 Å². The molecule has 0 spiro atoms. The normalized spacial score (nSPS) is 19.7. The number of nitrogens with zero attached hydrogens (tertiary/aromatic N) is 6. The van der Waals surface area contributed by atoms with Crippen LogP contribution in [0.5, 0.6) is 0 Å². The Hall–Kier alpha value is -3.17. The van der Waals surface area contributed by atoms with Crippen LogP contribution in [0.3, 0.4) is 0 Å². The van der Waals surface area contributed by atoms with Crippen LogP contribution in [-0.4, -0.2) is 79.4 Å². The molecule has 1 unspecified atom stereocenters. The van der Waals surface area contributed by atoms with E-state index in [1.807, 2.05) is 11.8 Å². The highest BCUT2D eigenvalue weighted by Gasteiger charge is 2.31. The van der Waals surface area contributed by atoms with E-state index in [0.29, 0.717) is 53.5 Å². The molecule has 2 aliphatic heterocycles. The molecule has 1 amide bonds. The summed E-state index contributed by atoms with van der Waals surface area (Å²) in [6, 6.07) is 8.58. The van der Waals surface area contributed by atoms with Crippen LogP contribution < -0.4 is 0 Å². The van der Waals surface area contributed by atoms with Crippen molar-refractivity contribution in [1.29, 1.82) is 0 Å². The van der Waals surface area contributed by atoms with Crippen molar-refractivity contribution in [1.82, 2.24) is 29.5 Å². The SMILES string of the molecule is Cc1c(C(=O)N2CCC(N3CCCC(CO)C3)CC2)cnn1-c1nccc(-c2ccccc2F)n1. The van der Waals surface area contributed by atoms with Crippen molar-refractivity contribution in [3.8, 4) is 17.2 Å². The summed E-state index contributed by atoms with van der Waals surface area (Å²) in [7, 11) is 0. The van der Waals surface area contributed by atoms with Gasteiger partial charge in [0.15, 0.2) is 0 Å². The first-order chi connectivity index (χ1) is 17.0. The average Bonchev–Trinajstić information content (AvgIpc) is 3.30. The van der Waals surface area contributed by atoms with E-state index in [2.05, 4.69) is 20.0 Å². The number of benzene rings is 1. The van der Waals surface area contributed by atoms with Gasteiger partial charge in [0.2, 0.25) is 0 Å². The molecular weight excluding hydrogens is 447 g/mol. The maximum atomic E-state index is 14.2. The van der Waals surface area contributed by atoms with Crippen molar-refractivity contribution in [2.24, 2.45) is 5.92 Å². The fraction of sp³-hybridized carbons (Fsp3) is 0.462. The number of hydrogen-bond donors (Lipinski definition) is 1. The van der Waals surface area contributed by atoms with Crippen LogP contribution in [0.1, 0.15) is 41.7 Å². The van der Waals surface area contributed by atoms with Crippen LogP contribution >= 0.6 is 0 Å². The van der Waals surface area contributed by atoms with Crippen molar-refractivity contribution in [3.63, 3.8) is 0 Å². The number of halogens is 1. The number of amides is 1. The molecule has 0 saturated carbocycles. The van der Waals surface area contributed by atoms with Crippen LogP contribution in [0, 0.1) is 18.7 Å². The summed E-state index contributed by atoms with van der Waals surface area (Å²) < 4.78 is 15.8. The summed E-state index contributed by atoms with van der Waals surface area (Å²) in [5, 5.41) is 13.9. The highest BCUT2D eigenvalue weighted by Crippen LogP contribution is 2.25. The Kier molecular flexibility index (Phi) is 6.88. The monoisotopic (exact) mass is 478 g/mol. The second-order valence-electron chi connectivity index (χ2n) is 9.49. The van der Waals surface area contributed by atoms with Gasteiger partial charge in [-0.25, -0.2) is 19.0 Å². The Morgan fingerprint density at radius 3 is 2.71 bits per heavy atom. The lowest BCUT2D eigenvalue weighted by Crippen LogP contribution is -2.50. The summed E-state index contributed by atoms with van der Waals surface area (Å²) in [5.74, 6) is 0.273. The quantitative estimate of drug-likeness (QED) is 0.607. The molecule has 8 nitrogen and oxygen atoms in total. The van der Waals surface area contributed by atoms with Crippen LogP contribution in [0.2, 0.25) is 0 Å². The second kappa shape index (κ2) is 10.2. The largest absolute Gasteiger partial charge is 0.396 e. The summed E-state index contributed by atoms with van der Waals surface area (Å²) in [4.78, 5) is 26.5. The number of hydrogen-bond acceptors (Lipinski definition) is 6. The van der Waals surface area contributed by atoms with E-state index in [1.54, 1.807) is 36.7 Å². The number of aromatic nitrogens is 4. The number of likely N-dealkylation sites (tertiary alicyclic amines) is 2. The van der Waals surface area contributed by atoms with Crippen molar-refractivity contribution >= 4 is 5.91 Å². The fourth-order valence-corrected chi connectivity index (χ4v) is 5.27. The summed E-state index contributed by atoms with van der Waals surface area (Å²) >= 11 is 0. The first-order valence-electron chi connectivity index (χ1n) is 12.3. The molecule has 4 heterocycles. The molecule has 3 aromatic rings. The Labute approximate surface area is 204 Å². The maximum absolute atomic E-state index is 14.2. The van der Waals surface area contributed by atoms with E-state index in [9.17, 15) is 14.3 Å². The zero-order chi connectivity index (χ0) is 24.4. The minimum absolute atomic E-state index is 0.0377. The molecule has 5 rings (SSSR count). The van der Waals surface area contributed by atoms with E-state index >= 15 is 0 Å². The lowest BCUT2D eigenvalue weighted by atomic mass is 9.94. The number of piperidine rings is 2. The third-order valence-electron chi connectivity index (χ3n) is 7.30. The highest BCUT2D eigenvalue weighted by molar-refractivity contribution is 5.95. The molecule has 35 heavy (non-hydrogen) atoms. The molecule has 0 bridgehead atoms. The third-order valence-corrected chi connectivity index (χ3v) is 7.30. The van der Waals surface area contributed by atoms with Gasteiger partial charge in [-0.1, -0.05) is 12.1 Å². The van der Waals surface area contributed by atoms with Gasteiger partial charge in [-0.05, 0) is 63.3 Å². The topological polar surface area (TPSA) is 87.4 Å². The lowest BCUT2D eigenvalue weighted by molar-refractivity contribution is 0.0454. The highest BCUT2D eigenvalue weighted by atomic mass is 19.1. The molecule has 9 heteroatoms. The van der Waals surface area contributed by atoms with Gasteiger partial charge in [0.05, 0.1) is 23.1 Å². The van der Waals surface area contributed by atoms with Gasteiger partial charge in [-0.3, -0.25) is 9.69 Å². The predicted octanol–water partition coefficient (Wildman–Crippen LogP) is 3.09. The average molecular weight is 479 g/mol. The lowest BCUT2D eigenvalue weighted by Gasteiger charge is -2.42. The molecule has 1 N–H and O–H groups in total. The van der Waals surface area contributed by atoms with E-state index in [0.717, 1.165) is 38.8 Å². The molecule has 2 fully saturated rings. The van der Waals surface area contributed by atoms with Crippen LogP contribution in [-0.2, 0) is 0 Å². The first kappa shape index (κ1) is 23.6. The molecular formula is C26H31FN6O2. The van der Waals surface area contributed by atoms with Crippen LogP contribution in [0.15, 0.2) is 42.7 Å². The Bertz CT molecular complexity index is 1190. The van der Waals surface area contributed by atoms with Gasteiger partial charge in [-0.2, -0.15) is 5.10 Å². The molecule has 0 aliphatic carbocycles. The Balaban J connectivity index is 1.28. The Morgan fingerprint density at radius 1 is 1.14 bits per heavy atom. The fourth-order valence-electron chi connectivity index (χ4n) is 5.27. The summed E-state index contributed by atoms with van der Waals surface area (Å²) in [5.41, 5.74) is 2.03. The van der Waals surface area contributed by atoms with Crippen molar-refractivity contribution in [2.75, 3.05) is 32.8 Å².